The average molecular weight is 284 g/mol. The Balaban J connectivity index is 1.63. The molecule has 3 nitrogen and oxygen atoms in total. The molecule has 110 valence electrons. The summed E-state index contributed by atoms with van der Waals surface area (Å²) in [5, 5.41) is 0. The molecule has 1 aromatic rings. The van der Waals surface area contributed by atoms with Crippen molar-refractivity contribution in [3.63, 3.8) is 0 Å². The highest BCUT2D eigenvalue weighted by Gasteiger charge is 2.67. The van der Waals surface area contributed by atoms with Crippen LogP contribution >= 0.6 is 0 Å². The van der Waals surface area contributed by atoms with Gasteiger partial charge in [-0.1, -0.05) is 38.1 Å². The molecule has 4 atom stereocenters. The summed E-state index contributed by atoms with van der Waals surface area (Å²) in [6.07, 6.45) is 3.39. The Hall–Kier alpha value is -1.13. The lowest BCUT2D eigenvalue weighted by molar-refractivity contribution is -0.199. The monoisotopic (exact) mass is 284 g/mol. The van der Waals surface area contributed by atoms with Crippen molar-refractivity contribution in [3.8, 4) is 0 Å². The van der Waals surface area contributed by atoms with Gasteiger partial charge in [-0.05, 0) is 42.5 Å². The van der Waals surface area contributed by atoms with Gasteiger partial charge in [0.15, 0.2) is 0 Å². The van der Waals surface area contributed by atoms with Gasteiger partial charge in [0.1, 0.15) is 6.29 Å². The number of aldehydes is 1. The van der Waals surface area contributed by atoms with Crippen LogP contribution in [-0.4, -0.2) is 25.1 Å². The Labute approximate surface area is 126 Å². The second kappa shape index (κ2) is 4.20. The fourth-order valence-corrected chi connectivity index (χ4v) is 4.79. The van der Waals surface area contributed by atoms with Gasteiger partial charge in [-0.15, -0.1) is 0 Å². The quantitative estimate of drug-likeness (QED) is 0.618. The van der Waals surface area contributed by atoms with E-state index in [2.05, 4.69) is 20.8 Å². The van der Waals surface area contributed by atoms with Gasteiger partial charge < -0.3 is 9.31 Å². The van der Waals surface area contributed by atoms with Crippen molar-refractivity contribution in [3.05, 3.63) is 29.8 Å². The molecule has 0 radical (unpaired) electrons. The molecule has 4 heteroatoms. The molecule has 4 aliphatic rings. The van der Waals surface area contributed by atoms with Crippen LogP contribution in [0.5, 0.6) is 0 Å². The first-order chi connectivity index (χ1) is 9.95. The van der Waals surface area contributed by atoms with Gasteiger partial charge in [-0.25, -0.2) is 0 Å². The van der Waals surface area contributed by atoms with Crippen molar-refractivity contribution in [2.24, 2.45) is 17.3 Å². The molecule has 3 aliphatic carbocycles. The summed E-state index contributed by atoms with van der Waals surface area (Å²) in [7, 11) is -0.338. The van der Waals surface area contributed by atoms with Crippen LogP contribution in [0.25, 0.3) is 0 Å². The van der Waals surface area contributed by atoms with Gasteiger partial charge in [0.2, 0.25) is 0 Å². The summed E-state index contributed by atoms with van der Waals surface area (Å²) in [6, 6.07) is 7.54. The van der Waals surface area contributed by atoms with Crippen LogP contribution in [0.3, 0.4) is 0 Å². The minimum Gasteiger partial charge on any atom is -0.402 e. The van der Waals surface area contributed by atoms with E-state index >= 15 is 0 Å². The zero-order chi connectivity index (χ0) is 14.8. The van der Waals surface area contributed by atoms with E-state index in [0.717, 1.165) is 24.1 Å². The van der Waals surface area contributed by atoms with E-state index < -0.39 is 0 Å². The number of hydrogen-bond donors (Lipinski definition) is 0. The van der Waals surface area contributed by atoms with Gasteiger partial charge >= 0.3 is 7.12 Å². The third-order valence-electron chi connectivity index (χ3n) is 6.27. The fraction of sp³-hybridized carbons (Fsp3) is 0.588. The van der Waals surface area contributed by atoms with Gasteiger partial charge in [0.05, 0.1) is 11.7 Å². The molecule has 2 bridgehead atoms. The van der Waals surface area contributed by atoms with Crippen LogP contribution in [0.15, 0.2) is 24.3 Å². The van der Waals surface area contributed by atoms with E-state index in [1.54, 1.807) is 6.07 Å². The second-order valence-electron chi connectivity index (χ2n) is 7.59. The molecule has 0 N–H and O–H groups in total. The molecule has 0 amide bonds. The molecule has 21 heavy (non-hydrogen) atoms. The van der Waals surface area contributed by atoms with Gasteiger partial charge in [0.25, 0.3) is 0 Å². The Morgan fingerprint density at radius 1 is 1.29 bits per heavy atom. The smallest absolute Gasteiger partial charge is 0.402 e. The molecule has 1 aliphatic heterocycles. The first-order valence-electron chi connectivity index (χ1n) is 7.83. The van der Waals surface area contributed by atoms with E-state index in [4.69, 9.17) is 9.31 Å². The van der Waals surface area contributed by atoms with E-state index in [-0.39, 0.29) is 18.8 Å². The van der Waals surface area contributed by atoms with E-state index in [0.29, 0.717) is 16.9 Å². The molecule has 1 heterocycles. The van der Waals surface area contributed by atoms with Crippen molar-refractivity contribution in [1.82, 2.24) is 0 Å². The Bertz CT molecular complexity index is 599. The highest BCUT2D eigenvalue weighted by atomic mass is 16.7. The molecule has 4 fully saturated rings. The van der Waals surface area contributed by atoms with Crippen LogP contribution < -0.4 is 5.46 Å². The zero-order valence-corrected chi connectivity index (χ0v) is 12.8. The molecule has 5 rings (SSSR count). The summed E-state index contributed by atoms with van der Waals surface area (Å²) < 4.78 is 12.6. The third-order valence-corrected chi connectivity index (χ3v) is 6.27. The number of rotatable bonds is 2. The number of carbonyl (C=O) groups excluding carboxylic acids is 1. The minimum atomic E-state index is -0.338. The summed E-state index contributed by atoms with van der Waals surface area (Å²) in [6.45, 7) is 6.93. The maximum Gasteiger partial charge on any atom is 0.494 e. The zero-order valence-electron chi connectivity index (χ0n) is 12.8. The van der Waals surface area contributed by atoms with Gasteiger partial charge in [-0.2, -0.15) is 0 Å². The maximum atomic E-state index is 10.9. The fourth-order valence-electron chi connectivity index (χ4n) is 4.79. The van der Waals surface area contributed by atoms with E-state index in [9.17, 15) is 4.79 Å². The summed E-state index contributed by atoms with van der Waals surface area (Å²) in [4.78, 5) is 10.9. The normalized spacial score (nSPS) is 39.6. The van der Waals surface area contributed by atoms with Crippen molar-refractivity contribution in [1.29, 1.82) is 0 Å². The molecule has 0 spiro atoms. The van der Waals surface area contributed by atoms with E-state index in [1.807, 2.05) is 18.2 Å². The van der Waals surface area contributed by atoms with Crippen LogP contribution in [0.1, 0.15) is 44.0 Å². The van der Waals surface area contributed by atoms with Crippen molar-refractivity contribution in [2.45, 2.75) is 45.3 Å². The summed E-state index contributed by atoms with van der Waals surface area (Å²) >= 11 is 0. The SMILES string of the molecule is CC1(C)[C@@H]2C[C@H]3OB(c4cccc(C=O)c4)O[C@@]3(C)[C@H]1C2. The predicted octanol–water partition coefficient (Wildman–Crippen LogP) is 2.43. The lowest BCUT2D eigenvalue weighted by atomic mass is 9.43. The van der Waals surface area contributed by atoms with E-state index in [1.165, 1.54) is 6.42 Å². The molecular formula is C17H21BO3. The molecule has 3 saturated carbocycles. The Kier molecular flexibility index (Phi) is 2.71. The minimum absolute atomic E-state index is 0.180. The number of benzene rings is 1. The largest absolute Gasteiger partial charge is 0.494 e. The maximum absolute atomic E-state index is 10.9. The highest BCUT2D eigenvalue weighted by molar-refractivity contribution is 6.62. The molecule has 1 aromatic carbocycles. The van der Waals surface area contributed by atoms with Crippen LogP contribution in [-0.2, 0) is 9.31 Å². The Morgan fingerprint density at radius 3 is 2.81 bits per heavy atom. The summed E-state index contributed by atoms with van der Waals surface area (Å²) in [5.41, 5.74) is 1.78. The van der Waals surface area contributed by atoms with Crippen molar-refractivity contribution < 1.29 is 14.1 Å². The van der Waals surface area contributed by atoms with Gasteiger partial charge in [0, 0.05) is 5.56 Å². The van der Waals surface area contributed by atoms with Crippen LogP contribution in [0.4, 0.5) is 0 Å². The Morgan fingerprint density at radius 2 is 2.10 bits per heavy atom. The predicted molar refractivity (Wildman–Crippen MR) is 81.6 cm³/mol. The number of carbonyl (C=O) groups is 1. The van der Waals surface area contributed by atoms with Crippen LogP contribution in [0.2, 0.25) is 0 Å². The lowest BCUT2D eigenvalue weighted by Crippen LogP contribution is -2.65. The average Bonchev–Trinajstić information content (AvgIpc) is 2.84. The van der Waals surface area contributed by atoms with Crippen molar-refractivity contribution >= 4 is 18.9 Å². The second-order valence-corrected chi connectivity index (χ2v) is 7.59. The van der Waals surface area contributed by atoms with Crippen LogP contribution in [0, 0.1) is 17.3 Å². The van der Waals surface area contributed by atoms with Gasteiger partial charge in [-0.3, -0.25) is 4.79 Å². The molecule has 0 aromatic heterocycles. The third kappa shape index (κ3) is 1.72. The first-order valence-corrected chi connectivity index (χ1v) is 7.83. The highest BCUT2D eigenvalue weighted by Crippen LogP contribution is 2.65. The molecule has 0 unspecified atom stereocenters. The first kappa shape index (κ1) is 13.5. The summed E-state index contributed by atoms with van der Waals surface area (Å²) in [5.74, 6) is 1.32. The standard InChI is InChI=1S/C17H21BO3/c1-16(2)12-8-14(16)17(3)15(9-12)20-18(21-17)13-6-4-5-11(7-13)10-19/h4-7,10,12,14-15H,8-9H2,1-3H3/t12-,14-,15+,17-/m0/s1. The van der Waals surface area contributed by atoms with Crippen molar-refractivity contribution in [2.75, 3.05) is 0 Å². The lowest BCUT2D eigenvalue weighted by Gasteiger charge is -2.64. The molecular weight excluding hydrogens is 263 g/mol. The molecule has 1 saturated heterocycles. The topological polar surface area (TPSA) is 35.5 Å². The number of hydrogen-bond acceptors (Lipinski definition) is 3.